The van der Waals surface area contributed by atoms with E-state index in [9.17, 15) is 0 Å². The first-order valence-electron chi connectivity index (χ1n) is 5.21. The van der Waals surface area contributed by atoms with Gasteiger partial charge >= 0.3 is 0 Å². The summed E-state index contributed by atoms with van der Waals surface area (Å²) in [7, 11) is 1.61. The monoisotopic (exact) mass is 233 g/mol. The maximum atomic E-state index is 5.31. The standard InChI is InChI=1S/C12H11NO4/c1-14-6-9-5-10(13-17-9)8-2-3-11-12(4-8)16-7-15-11/h2-5H,6-7H2,1H3. The number of benzene rings is 1. The number of fused-ring (bicyclic) bond motifs is 1. The number of hydrogen-bond donors (Lipinski definition) is 0. The summed E-state index contributed by atoms with van der Waals surface area (Å²) < 4.78 is 20.7. The predicted octanol–water partition coefficient (Wildman–Crippen LogP) is 2.22. The summed E-state index contributed by atoms with van der Waals surface area (Å²) in [6.45, 7) is 0.685. The van der Waals surface area contributed by atoms with E-state index in [1.807, 2.05) is 24.3 Å². The largest absolute Gasteiger partial charge is 0.454 e. The van der Waals surface area contributed by atoms with Gasteiger partial charge in [-0.2, -0.15) is 0 Å². The van der Waals surface area contributed by atoms with Crippen LogP contribution in [0.1, 0.15) is 5.76 Å². The molecule has 0 fully saturated rings. The van der Waals surface area contributed by atoms with Crippen molar-refractivity contribution in [3.63, 3.8) is 0 Å². The maximum Gasteiger partial charge on any atom is 0.231 e. The molecule has 0 saturated heterocycles. The van der Waals surface area contributed by atoms with Crippen LogP contribution in [-0.2, 0) is 11.3 Å². The summed E-state index contributed by atoms with van der Waals surface area (Å²) in [5.41, 5.74) is 1.69. The Balaban J connectivity index is 1.92. The molecule has 0 amide bonds. The first-order valence-corrected chi connectivity index (χ1v) is 5.21. The van der Waals surface area contributed by atoms with Gasteiger partial charge in [-0.1, -0.05) is 5.16 Å². The lowest BCUT2D eigenvalue weighted by molar-refractivity contribution is 0.156. The molecule has 0 bridgehead atoms. The number of methoxy groups -OCH3 is 1. The summed E-state index contributed by atoms with van der Waals surface area (Å²) in [5, 5.41) is 3.98. The Kier molecular flexibility index (Phi) is 2.45. The summed E-state index contributed by atoms with van der Waals surface area (Å²) in [6.07, 6.45) is 0. The molecule has 0 N–H and O–H groups in total. The molecule has 5 heteroatoms. The van der Waals surface area contributed by atoms with Crippen LogP contribution in [0, 0.1) is 0 Å². The molecule has 0 unspecified atom stereocenters. The van der Waals surface area contributed by atoms with E-state index in [1.54, 1.807) is 7.11 Å². The molecule has 0 spiro atoms. The number of hydrogen-bond acceptors (Lipinski definition) is 5. The van der Waals surface area contributed by atoms with Crippen LogP contribution >= 0.6 is 0 Å². The van der Waals surface area contributed by atoms with Gasteiger partial charge in [-0.3, -0.25) is 0 Å². The van der Waals surface area contributed by atoms with E-state index in [0.29, 0.717) is 12.4 Å². The van der Waals surface area contributed by atoms with Crippen LogP contribution in [-0.4, -0.2) is 19.1 Å². The second-order valence-corrected chi connectivity index (χ2v) is 3.68. The van der Waals surface area contributed by atoms with Crippen LogP contribution in [0.25, 0.3) is 11.3 Å². The molecule has 17 heavy (non-hydrogen) atoms. The minimum absolute atomic E-state index is 0.270. The van der Waals surface area contributed by atoms with Gasteiger partial charge < -0.3 is 18.7 Å². The van der Waals surface area contributed by atoms with Crippen molar-refractivity contribution in [3.8, 4) is 22.8 Å². The van der Waals surface area contributed by atoms with Gasteiger partial charge in [0.1, 0.15) is 12.3 Å². The molecule has 2 heterocycles. The van der Waals surface area contributed by atoms with Gasteiger partial charge in [0.15, 0.2) is 17.3 Å². The van der Waals surface area contributed by atoms with Crippen LogP contribution < -0.4 is 9.47 Å². The first-order chi connectivity index (χ1) is 8.36. The van der Waals surface area contributed by atoms with Gasteiger partial charge in [-0.15, -0.1) is 0 Å². The van der Waals surface area contributed by atoms with E-state index in [0.717, 1.165) is 22.8 Å². The van der Waals surface area contributed by atoms with Crippen LogP contribution in [0.5, 0.6) is 11.5 Å². The molecule has 2 aromatic rings. The zero-order valence-corrected chi connectivity index (χ0v) is 9.30. The lowest BCUT2D eigenvalue weighted by Crippen LogP contribution is -1.92. The molecule has 0 saturated carbocycles. The Bertz CT molecular complexity index is 535. The second kappa shape index (κ2) is 4.10. The number of rotatable bonds is 3. The van der Waals surface area contributed by atoms with Crippen molar-refractivity contribution in [2.75, 3.05) is 13.9 Å². The Labute approximate surface area is 97.9 Å². The quantitative estimate of drug-likeness (QED) is 0.813. The Morgan fingerprint density at radius 1 is 1.24 bits per heavy atom. The summed E-state index contributed by atoms with van der Waals surface area (Å²) in [6, 6.07) is 7.52. The fourth-order valence-electron chi connectivity index (χ4n) is 1.72. The highest BCUT2D eigenvalue weighted by Crippen LogP contribution is 2.35. The van der Waals surface area contributed by atoms with E-state index in [2.05, 4.69) is 5.16 Å². The van der Waals surface area contributed by atoms with Crippen LogP contribution in [0.15, 0.2) is 28.8 Å². The number of nitrogens with zero attached hydrogens (tertiary/aromatic N) is 1. The second-order valence-electron chi connectivity index (χ2n) is 3.68. The SMILES string of the molecule is COCc1cc(-c2ccc3c(c2)OCO3)no1. The van der Waals surface area contributed by atoms with Gasteiger partial charge in [0.25, 0.3) is 0 Å². The smallest absolute Gasteiger partial charge is 0.231 e. The van der Waals surface area contributed by atoms with Crippen LogP contribution in [0.3, 0.4) is 0 Å². The predicted molar refractivity (Wildman–Crippen MR) is 58.8 cm³/mol. The number of aromatic nitrogens is 1. The minimum Gasteiger partial charge on any atom is -0.454 e. The van der Waals surface area contributed by atoms with Crippen molar-refractivity contribution in [1.29, 1.82) is 0 Å². The van der Waals surface area contributed by atoms with Gasteiger partial charge in [-0.05, 0) is 18.2 Å². The van der Waals surface area contributed by atoms with Crippen molar-refractivity contribution in [3.05, 3.63) is 30.0 Å². The highest BCUT2D eigenvalue weighted by Gasteiger charge is 2.15. The van der Waals surface area contributed by atoms with Gasteiger partial charge in [-0.25, -0.2) is 0 Å². The molecular weight excluding hydrogens is 222 g/mol. The zero-order valence-electron chi connectivity index (χ0n) is 9.30. The molecule has 0 aliphatic carbocycles. The average Bonchev–Trinajstić information content (AvgIpc) is 2.96. The van der Waals surface area contributed by atoms with E-state index < -0.39 is 0 Å². The third kappa shape index (κ3) is 1.85. The molecular formula is C12H11NO4. The normalized spacial score (nSPS) is 13.0. The molecule has 1 aliphatic heterocycles. The lowest BCUT2D eigenvalue weighted by atomic mass is 10.1. The fraction of sp³-hybridized carbons (Fsp3) is 0.250. The van der Waals surface area contributed by atoms with Crippen molar-refractivity contribution in [1.82, 2.24) is 5.16 Å². The molecule has 88 valence electrons. The summed E-state index contributed by atoms with van der Waals surface area (Å²) >= 11 is 0. The van der Waals surface area contributed by atoms with Gasteiger partial charge in [0, 0.05) is 18.7 Å². The van der Waals surface area contributed by atoms with Gasteiger partial charge in [0.2, 0.25) is 6.79 Å². The molecule has 1 aromatic carbocycles. The van der Waals surface area contributed by atoms with Crippen molar-refractivity contribution in [2.45, 2.75) is 6.61 Å². The molecule has 1 aliphatic rings. The third-order valence-electron chi connectivity index (χ3n) is 2.51. The first kappa shape index (κ1) is 10.2. The molecule has 1 aromatic heterocycles. The van der Waals surface area contributed by atoms with Crippen LogP contribution in [0.2, 0.25) is 0 Å². The molecule has 3 rings (SSSR count). The maximum absolute atomic E-state index is 5.31. The lowest BCUT2D eigenvalue weighted by Gasteiger charge is -1.98. The third-order valence-corrected chi connectivity index (χ3v) is 2.51. The highest BCUT2D eigenvalue weighted by molar-refractivity contribution is 5.64. The topological polar surface area (TPSA) is 53.7 Å². The summed E-state index contributed by atoms with van der Waals surface area (Å²) in [4.78, 5) is 0. The van der Waals surface area contributed by atoms with E-state index in [1.165, 1.54) is 0 Å². The van der Waals surface area contributed by atoms with Gasteiger partial charge in [0.05, 0.1) is 0 Å². The Hall–Kier alpha value is -2.01. The zero-order chi connectivity index (χ0) is 11.7. The average molecular weight is 233 g/mol. The van der Waals surface area contributed by atoms with Crippen molar-refractivity contribution >= 4 is 0 Å². The molecule has 5 nitrogen and oxygen atoms in total. The summed E-state index contributed by atoms with van der Waals surface area (Å²) in [5.74, 6) is 2.19. The molecule has 0 atom stereocenters. The Morgan fingerprint density at radius 2 is 2.12 bits per heavy atom. The fourth-order valence-corrected chi connectivity index (χ4v) is 1.72. The van der Waals surface area contributed by atoms with Crippen LogP contribution in [0.4, 0.5) is 0 Å². The van der Waals surface area contributed by atoms with E-state index in [-0.39, 0.29) is 6.79 Å². The van der Waals surface area contributed by atoms with Crippen molar-refractivity contribution in [2.24, 2.45) is 0 Å². The van der Waals surface area contributed by atoms with E-state index in [4.69, 9.17) is 18.7 Å². The molecule has 0 radical (unpaired) electrons. The van der Waals surface area contributed by atoms with E-state index >= 15 is 0 Å². The number of ether oxygens (including phenoxy) is 3. The highest BCUT2D eigenvalue weighted by atomic mass is 16.7. The minimum atomic E-state index is 0.270. The van der Waals surface area contributed by atoms with Crippen molar-refractivity contribution < 1.29 is 18.7 Å². The Morgan fingerprint density at radius 3 is 3.00 bits per heavy atom.